The average molecular weight is 371 g/mol. The van der Waals surface area contributed by atoms with Crippen LogP contribution in [0.25, 0.3) is 0 Å². The van der Waals surface area contributed by atoms with E-state index in [1.165, 1.54) is 17.7 Å². The molecule has 27 heavy (non-hydrogen) atoms. The Labute approximate surface area is 158 Å². The van der Waals surface area contributed by atoms with E-state index in [-0.39, 0.29) is 11.7 Å². The SMILES string of the molecule is O=C1CNCCN1C1CCCN(Cc2cnn(Cc3ccc(F)cc3)c2)C1. The van der Waals surface area contributed by atoms with E-state index in [0.29, 0.717) is 19.1 Å². The molecule has 1 N–H and O–H groups in total. The molecule has 1 aromatic carbocycles. The van der Waals surface area contributed by atoms with Crippen molar-refractivity contribution in [1.82, 2.24) is 24.9 Å². The molecule has 7 heteroatoms. The zero-order chi connectivity index (χ0) is 18.6. The first-order valence-corrected chi connectivity index (χ1v) is 9.66. The number of aromatic nitrogens is 2. The zero-order valence-electron chi connectivity index (χ0n) is 15.5. The number of hydrogen-bond acceptors (Lipinski definition) is 4. The van der Waals surface area contributed by atoms with E-state index in [0.717, 1.165) is 51.1 Å². The van der Waals surface area contributed by atoms with Gasteiger partial charge < -0.3 is 10.2 Å². The Bertz CT molecular complexity index is 775. The average Bonchev–Trinajstić information content (AvgIpc) is 3.11. The van der Waals surface area contributed by atoms with Crippen LogP contribution in [0.15, 0.2) is 36.7 Å². The molecular weight excluding hydrogens is 345 g/mol. The van der Waals surface area contributed by atoms with E-state index in [9.17, 15) is 9.18 Å². The maximum atomic E-state index is 13.0. The van der Waals surface area contributed by atoms with Crippen LogP contribution in [0, 0.1) is 5.82 Å². The van der Waals surface area contributed by atoms with Gasteiger partial charge in [-0.15, -0.1) is 0 Å². The van der Waals surface area contributed by atoms with Crippen LogP contribution in [0.1, 0.15) is 24.0 Å². The summed E-state index contributed by atoms with van der Waals surface area (Å²) < 4.78 is 14.9. The number of nitrogens with one attached hydrogen (secondary N) is 1. The summed E-state index contributed by atoms with van der Waals surface area (Å²) in [6.07, 6.45) is 6.17. The number of rotatable bonds is 5. The summed E-state index contributed by atoms with van der Waals surface area (Å²) in [6, 6.07) is 6.85. The maximum absolute atomic E-state index is 13.0. The Hall–Kier alpha value is -2.25. The smallest absolute Gasteiger partial charge is 0.236 e. The molecular formula is C20H26FN5O. The minimum atomic E-state index is -0.220. The van der Waals surface area contributed by atoms with Crippen molar-refractivity contribution in [1.29, 1.82) is 0 Å². The summed E-state index contributed by atoms with van der Waals surface area (Å²) >= 11 is 0. The molecule has 0 aliphatic carbocycles. The molecule has 3 heterocycles. The molecule has 144 valence electrons. The van der Waals surface area contributed by atoms with Gasteiger partial charge in [-0.2, -0.15) is 5.10 Å². The fraction of sp³-hybridized carbons (Fsp3) is 0.500. The van der Waals surface area contributed by atoms with Gasteiger partial charge in [-0.1, -0.05) is 12.1 Å². The van der Waals surface area contributed by atoms with E-state index in [2.05, 4.69) is 26.4 Å². The van der Waals surface area contributed by atoms with Crippen molar-refractivity contribution in [3.8, 4) is 0 Å². The van der Waals surface area contributed by atoms with Gasteiger partial charge in [0.15, 0.2) is 0 Å². The van der Waals surface area contributed by atoms with E-state index in [1.807, 2.05) is 10.9 Å². The first-order chi connectivity index (χ1) is 13.2. The van der Waals surface area contributed by atoms with Gasteiger partial charge in [0.1, 0.15) is 5.82 Å². The Kier molecular flexibility index (Phi) is 5.50. The second-order valence-electron chi connectivity index (χ2n) is 7.47. The molecule has 1 amide bonds. The molecule has 2 aromatic rings. The summed E-state index contributed by atoms with van der Waals surface area (Å²) in [7, 11) is 0. The van der Waals surface area contributed by atoms with Crippen molar-refractivity contribution >= 4 is 5.91 Å². The number of halogens is 1. The largest absolute Gasteiger partial charge is 0.336 e. The van der Waals surface area contributed by atoms with Crippen molar-refractivity contribution < 1.29 is 9.18 Å². The number of carbonyl (C=O) groups excluding carboxylic acids is 1. The fourth-order valence-corrected chi connectivity index (χ4v) is 4.05. The van der Waals surface area contributed by atoms with Crippen LogP contribution in [0.5, 0.6) is 0 Å². The number of piperidine rings is 1. The van der Waals surface area contributed by atoms with Gasteiger partial charge in [-0.05, 0) is 37.1 Å². The molecule has 1 aromatic heterocycles. The van der Waals surface area contributed by atoms with Gasteiger partial charge in [-0.3, -0.25) is 14.4 Å². The standard InChI is InChI=1S/C20H26FN5O/c21-18-5-3-16(4-6-18)13-25-14-17(10-23-25)12-24-8-1-2-19(15-24)26-9-7-22-11-20(26)27/h3-6,10,14,19,22H,1-2,7-9,11-13,15H2. The number of carbonyl (C=O) groups is 1. The van der Waals surface area contributed by atoms with Gasteiger partial charge in [0.25, 0.3) is 0 Å². The second-order valence-corrected chi connectivity index (χ2v) is 7.47. The van der Waals surface area contributed by atoms with Crippen LogP contribution in [0.4, 0.5) is 4.39 Å². The van der Waals surface area contributed by atoms with E-state index < -0.39 is 0 Å². The molecule has 2 fully saturated rings. The third-order valence-electron chi connectivity index (χ3n) is 5.40. The van der Waals surface area contributed by atoms with Crippen molar-refractivity contribution in [3.05, 3.63) is 53.6 Å². The quantitative estimate of drug-likeness (QED) is 0.865. The van der Waals surface area contributed by atoms with Crippen LogP contribution in [0.3, 0.4) is 0 Å². The van der Waals surface area contributed by atoms with Gasteiger partial charge >= 0.3 is 0 Å². The third-order valence-corrected chi connectivity index (χ3v) is 5.40. The molecule has 2 aliphatic heterocycles. The first-order valence-electron chi connectivity index (χ1n) is 9.66. The van der Waals surface area contributed by atoms with Gasteiger partial charge in [0.05, 0.1) is 19.3 Å². The topological polar surface area (TPSA) is 53.4 Å². The minimum absolute atomic E-state index is 0.220. The zero-order valence-corrected chi connectivity index (χ0v) is 15.5. The molecule has 1 atom stereocenters. The summed E-state index contributed by atoms with van der Waals surface area (Å²) in [6.45, 7) is 5.63. The number of nitrogens with zero attached hydrogens (tertiary/aromatic N) is 4. The summed E-state index contributed by atoms with van der Waals surface area (Å²) in [5.74, 6) is 0.00254. The Morgan fingerprint density at radius 1 is 1.15 bits per heavy atom. The third kappa shape index (κ3) is 4.54. The molecule has 1 unspecified atom stereocenters. The normalized spacial score (nSPS) is 21.6. The first kappa shape index (κ1) is 18.1. The molecule has 6 nitrogen and oxygen atoms in total. The number of likely N-dealkylation sites (tertiary alicyclic amines) is 1. The monoisotopic (exact) mass is 371 g/mol. The van der Waals surface area contributed by atoms with Gasteiger partial charge in [-0.25, -0.2) is 4.39 Å². The maximum Gasteiger partial charge on any atom is 0.236 e. The van der Waals surface area contributed by atoms with E-state index in [1.54, 1.807) is 12.1 Å². The lowest BCUT2D eigenvalue weighted by Gasteiger charge is -2.41. The van der Waals surface area contributed by atoms with E-state index >= 15 is 0 Å². The highest BCUT2D eigenvalue weighted by molar-refractivity contribution is 5.79. The molecule has 2 aliphatic rings. The van der Waals surface area contributed by atoms with Gasteiger partial charge in [0.2, 0.25) is 5.91 Å². The second kappa shape index (κ2) is 8.19. The Morgan fingerprint density at radius 3 is 2.81 bits per heavy atom. The molecule has 2 saturated heterocycles. The van der Waals surface area contributed by atoms with Crippen LogP contribution in [-0.4, -0.2) is 64.3 Å². The van der Waals surface area contributed by atoms with E-state index in [4.69, 9.17) is 0 Å². The Balaban J connectivity index is 1.34. The lowest BCUT2D eigenvalue weighted by Crippen LogP contribution is -2.56. The fourth-order valence-electron chi connectivity index (χ4n) is 4.05. The van der Waals surface area contributed by atoms with Crippen molar-refractivity contribution in [2.24, 2.45) is 0 Å². The minimum Gasteiger partial charge on any atom is -0.336 e. The molecule has 4 rings (SSSR count). The van der Waals surface area contributed by atoms with Crippen molar-refractivity contribution in [2.45, 2.75) is 32.0 Å². The molecule has 0 radical (unpaired) electrons. The highest BCUT2D eigenvalue weighted by Gasteiger charge is 2.29. The van der Waals surface area contributed by atoms with Crippen molar-refractivity contribution in [2.75, 3.05) is 32.7 Å². The lowest BCUT2D eigenvalue weighted by molar-refractivity contribution is -0.135. The van der Waals surface area contributed by atoms with Crippen molar-refractivity contribution in [3.63, 3.8) is 0 Å². The number of hydrogen-bond donors (Lipinski definition) is 1. The summed E-state index contributed by atoms with van der Waals surface area (Å²) in [5.41, 5.74) is 2.20. The predicted octanol–water partition coefficient (Wildman–Crippen LogP) is 1.47. The predicted molar refractivity (Wildman–Crippen MR) is 101 cm³/mol. The number of amides is 1. The summed E-state index contributed by atoms with van der Waals surface area (Å²) in [5, 5.41) is 7.59. The summed E-state index contributed by atoms with van der Waals surface area (Å²) in [4.78, 5) is 16.6. The van der Waals surface area contributed by atoms with Crippen LogP contribution < -0.4 is 5.32 Å². The molecule has 0 saturated carbocycles. The molecule has 0 spiro atoms. The van der Waals surface area contributed by atoms with Crippen LogP contribution in [-0.2, 0) is 17.9 Å². The number of benzene rings is 1. The Morgan fingerprint density at radius 2 is 2.00 bits per heavy atom. The van der Waals surface area contributed by atoms with Crippen LogP contribution >= 0.6 is 0 Å². The van der Waals surface area contributed by atoms with Crippen LogP contribution in [0.2, 0.25) is 0 Å². The lowest BCUT2D eigenvalue weighted by atomic mass is 10.0. The van der Waals surface area contributed by atoms with Gasteiger partial charge in [0, 0.05) is 44.0 Å². The highest BCUT2D eigenvalue weighted by atomic mass is 19.1. The highest BCUT2D eigenvalue weighted by Crippen LogP contribution is 2.19. The number of piperazine rings is 1. The molecule has 0 bridgehead atoms.